The highest BCUT2D eigenvalue weighted by Crippen LogP contribution is 2.23. The van der Waals surface area contributed by atoms with Crippen molar-refractivity contribution in [3.8, 4) is 0 Å². The van der Waals surface area contributed by atoms with Crippen molar-refractivity contribution in [3.63, 3.8) is 0 Å². The molecular formula is C20H23ClN2O4S. The van der Waals surface area contributed by atoms with Gasteiger partial charge in [0.2, 0.25) is 0 Å². The van der Waals surface area contributed by atoms with Crippen LogP contribution < -0.4 is 10.6 Å². The summed E-state index contributed by atoms with van der Waals surface area (Å²) in [5.74, 6) is -0.889. The van der Waals surface area contributed by atoms with E-state index in [0.717, 1.165) is 6.42 Å². The average Bonchev–Trinajstić information content (AvgIpc) is 2.66. The summed E-state index contributed by atoms with van der Waals surface area (Å²) in [6, 6.07) is 10.6. The average molecular weight is 423 g/mol. The maximum atomic E-state index is 12.7. The predicted octanol–water partition coefficient (Wildman–Crippen LogP) is 3.92. The van der Waals surface area contributed by atoms with Crippen molar-refractivity contribution < 1.29 is 18.0 Å². The van der Waals surface area contributed by atoms with E-state index >= 15 is 0 Å². The number of hydrogen-bond donors (Lipinski definition) is 2. The van der Waals surface area contributed by atoms with Gasteiger partial charge in [0.25, 0.3) is 11.8 Å². The zero-order chi connectivity index (χ0) is 20.7. The minimum atomic E-state index is -3.55. The zero-order valence-corrected chi connectivity index (χ0v) is 17.4. The van der Waals surface area contributed by atoms with Crippen LogP contribution in [-0.4, -0.2) is 32.5 Å². The molecule has 0 aliphatic carbocycles. The molecule has 2 N–H and O–H groups in total. The molecule has 0 aliphatic heterocycles. The normalized spacial score (nSPS) is 11.1. The van der Waals surface area contributed by atoms with Crippen molar-refractivity contribution in [1.82, 2.24) is 5.32 Å². The van der Waals surface area contributed by atoms with E-state index in [1.807, 2.05) is 6.92 Å². The van der Waals surface area contributed by atoms with Crippen molar-refractivity contribution in [1.29, 1.82) is 0 Å². The second-order valence-corrected chi connectivity index (χ2v) is 8.70. The first-order valence-corrected chi connectivity index (χ1v) is 11.0. The van der Waals surface area contributed by atoms with Gasteiger partial charge in [-0.2, -0.15) is 0 Å². The monoisotopic (exact) mass is 422 g/mol. The summed E-state index contributed by atoms with van der Waals surface area (Å²) in [6.45, 7) is 4.25. The van der Waals surface area contributed by atoms with E-state index in [9.17, 15) is 18.0 Å². The van der Waals surface area contributed by atoms with Crippen LogP contribution in [-0.2, 0) is 9.84 Å². The van der Waals surface area contributed by atoms with Gasteiger partial charge in [-0.05, 0) is 43.2 Å². The van der Waals surface area contributed by atoms with Gasteiger partial charge in [-0.3, -0.25) is 9.59 Å². The van der Waals surface area contributed by atoms with Gasteiger partial charge in [-0.15, -0.1) is 0 Å². The van der Waals surface area contributed by atoms with Gasteiger partial charge in [-0.1, -0.05) is 37.6 Å². The third-order valence-electron chi connectivity index (χ3n) is 3.95. The number of sulfone groups is 1. The molecule has 2 aromatic carbocycles. The fourth-order valence-electron chi connectivity index (χ4n) is 2.61. The summed E-state index contributed by atoms with van der Waals surface area (Å²) in [7, 11) is -3.55. The molecule has 0 aliphatic rings. The fourth-order valence-corrected chi connectivity index (χ4v) is 4.42. The second-order valence-electron chi connectivity index (χ2n) is 6.22. The Morgan fingerprint density at radius 3 is 2.32 bits per heavy atom. The SMILES string of the molecule is CCCNC(=O)c1ccc(NC(=O)c2ccccc2S(=O)(=O)CCC)cc1Cl. The summed E-state index contributed by atoms with van der Waals surface area (Å²) in [6.07, 6.45) is 1.26. The summed E-state index contributed by atoms with van der Waals surface area (Å²) in [5.41, 5.74) is 0.737. The lowest BCUT2D eigenvalue weighted by atomic mass is 10.1. The number of nitrogens with one attached hydrogen (secondary N) is 2. The van der Waals surface area contributed by atoms with E-state index in [4.69, 9.17) is 11.6 Å². The van der Waals surface area contributed by atoms with Crippen LogP contribution in [0.1, 0.15) is 47.4 Å². The lowest BCUT2D eigenvalue weighted by molar-refractivity contribution is 0.0953. The Kier molecular flexibility index (Phi) is 7.60. The van der Waals surface area contributed by atoms with Crippen LogP contribution in [0, 0.1) is 0 Å². The van der Waals surface area contributed by atoms with Crippen LogP contribution in [0.15, 0.2) is 47.4 Å². The van der Waals surface area contributed by atoms with Crippen LogP contribution in [0.5, 0.6) is 0 Å². The Balaban J connectivity index is 2.25. The fraction of sp³-hybridized carbons (Fsp3) is 0.300. The number of amides is 2. The highest BCUT2D eigenvalue weighted by molar-refractivity contribution is 7.91. The number of rotatable bonds is 8. The van der Waals surface area contributed by atoms with E-state index in [2.05, 4.69) is 10.6 Å². The molecule has 0 unspecified atom stereocenters. The van der Waals surface area contributed by atoms with Crippen LogP contribution >= 0.6 is 11.6 Å². The second kappa shape index (κ2) is 9.71. The van der Waals surface area contributed by atoms with Gasteiger partial charge < -0.3 is 10.6 Å². The summed E-state index contributed by atoms with van der Waals surface area (Å²) >= 11 is 6.17. The van der Waals surface area contributed by atoms with Crippen molar-refractivity contribution in [3.05, 3.63) is 58.6 Å². The maximum absolute atomic E-state index is 12.7. The number of halogens is 1. The smallest absolute Gasteiger partial charge is 0.256 e. The lowest BCUT2D eigenvalue weighted by Crippen LogP contribution is -2.24. The molecule has 0 bridgehead atoms. The number of carbonyl (C=O) groups excluding carboxylic acids is 2. The molecule has 0 radical (unpaired) electrons. The quantitative estimate of drug-likeness (QED) is 0.674. The topological polar surface area (TPSA) is 92.3 Å². The third kappa shape index (κ3) is 5.33. The molecular weight excluding hydrogens is 400 g/mol. The first kappa shape index (κ1) is 21.9. The molecule has 150 valence electrons. The summed E-state index contributed by atoms with van der Waals surface area (Å²) in [5, 5.41) is 5.57. The molecule has 0 aromatic heterocycles. The number of benzene rings is 2. The number of carbonyl (C=O) groups is 2. The molecule has 0 atom stereocenters. The van der Waals surface area contributed by atoms with Gasteiger partial charge >= 0.3 is 0 Å². The molecule has 0 heterocycles. The molecule has 0 spiro atoms. The molecule has 2 aromatic rings. The van der Waals surface area contributed by atoms with Crippen LogP contribution in [0.25, 0.3) is 0 Å². The Labute approximate surface area is 170 Å². The van der Waals surface area contributed by atoms with Crippen LogP contribution in [0.4, 0.5) is 5.69 Å². The minimum absolute atomic E-state index is 0.00369. The van der Waals surface area contributed by atoms with Gasteiger partial charge in [-0.25, -0.2) is 8.42 Å². The summed E-state index contributed by atoms with van der Waals surface area (Å²) < 4.78 is 24.8. The first-order valence-electron chi connectivity index (χ1n) is 9.01. The molecule has 0 saturated heterocycles. The van der Waals surface area contributed by atoms with Gasteiger partial charge in [0.1, 0.15) is 0 Å². The largest absolute Gasteiger partial charge is 0.352 e. The van der Waals surface area contributed by atoms with E-state index in [1.165, 1.54) is 24.3 Å². The maximum Gasteiger partial charge on any atom is 0.256 e. The molecule has 2 rings (SSSR count). The van der Waals surface area contributed by atoms with E-state index in [-0.39, 0.29) is 27.1 Å². The number of hydrogen-bond acceptors (Lipinski definition) is 4. The van der Waals surface area contributed by atoms with Crippen LogP contribution in [0.3, 0.4) is 0 Å². The number of anilines is 1. The molecule has 0 saturated carbocycles. The van der Waals surface area contributed by atoms with E-state index < -0.39 is 15.7 Å². The van der Waals surface area contributed by atoms with Crippen molar-refractivity contribution in [2.24, 2.45) is 0 Å². The predicted molar refractivity (Wildman–Crippen MR) is 111 cm³/mol. The highest BCUT2D eigenvalue weighted by atomic mass is 35.5. The van der Waals surface area contributed by atoms with Crippen molar-refractivity contribution in [2.75, 3.05) is 17.6 Å². The van der Waals surface area contributed by atoms with E-state index in [0.29, 0.717) is 24.2 Å². The highest BCUT2D eigenvalue weighted by Gasteiger charge is 2.21. The minimum Gasteiger partial charge on any atom is -0.352 e. The Morgan fingerprint density at radius 2 is 1.68 bits per heavy atom. The van der Waals surface area contributed by atoms with Crippen molar-refractivity contribution in [2.45, 2.75) is 31.6 Å². The zero-order valence-electron chi connectivity index (χ0n) is 15.8. The Hall–Kier alpha value is -2.38. The molecule has 2 amide bonds. The van der Waals surface area contributed by atoms with Crippen LogP contribution in [0.2, 0.25) is 5.02 Å². The third-order valence-corrected chi connectivity index (χ3v) is 6.23. The molecule has 28 heavy (non-hydrogen) atoms. The van der Waals surface area contributed by atoms with E-state index in [1.54, 1.807) is 25.1 Å². The van der Waals surface area contributed by atoms with Gasteiger partial charge in [0.15, 0.2) is 9.84 Å². The standard InChI is InChI=1S/C20H23ClN2O4S/c1-3-11-22-19(24)15-10-9-14(13-17(15)21)23-20(25)16-7-5-6-8-18(16)28(26,27)12-4-2/h5-10,13H,3-4,11-12H2,1-2H3,(H,22,24)(H,23,25). The van der Waals surface area contributed by atoms with Crippen molar-refractivity contribution >= 4 is 38.9 Å². The summed E-state index contributed by atoms with van der Waals surface area (Å²) in [4.78, 5) is 24.7. The lowest BCUT2D eigenvalue weighted by Gasteiger charge is -2.12. The first-order chi connectivity index (χ1) is 13.3. The Bertz CT molecular complexity index is 974. The van der Waals surface area contributed by atoms with Gasteiger partial charge in [0.05, 0.1) is 26.8 Å². The van der Waals surface area contributed by atoms with Gasteiger partial charge in [0, 0.05) is 12.2 Å². The molecule has 8 heteroatoms. The molecule has 0 fully saturated rings. The Morgan fingerprint density at radius 1 is 0.964 bits per heavy atom. The molecule has 6 nitrogen and oxygen atoms in total.